The van der Waals surface area contributed by atoms with Crippen LogP contribution in [0.4, 0.5) is 34.1 Å². The smallest absolute Gasteiger partial charge is 0.184 e. The molecule has 0 bridgehead atoms. The molecule has 0 saturated heterocycles. The zero-order chi connectivity index (χ0) is 47.3. The third-order valence-electron chi connectivity index (χ3n) is 14.9. The van der Waals surface area contributed by atoms with Gasteiger partial charge in [0.05, 0.1) is 11.1 Å². The Bertz CT molecular complexity index is 4310. The van der Waals surface area contributed by atoms with E-state index in [1.165, 1.54) is 26.3 Å². The number of hydrogen-bond acceptors (Lipinski definition) is 5. The molecule has 0 N–H and O–H groups in total. The Morgan fingerprint density at radius 1 is 0.319 bits per heavy atom. The van der Waals surface area contributed by atoms with Crippen LogP contribution in [0.3, 0.4) is 0 Å². The van der Waals surface area contributed by atoms with Crippen molar-refractivity contribution >= 4 is 129 Å². The van der Waals surface area contributed by atoms with E-state index in [0.29, 0.717) is 0 Å². The van der Waals surface area contributed by atoms with Gasteiger partial charge in [0.25, 0.3) is 0 Å². The van der Waals surface area contributed by atoms with Crippen molar-refractivity contribution in [1.82, 2.24) is 0 Å². The van der Waals surface area contributed by atoms with E-state index in [0.717, 1.165) is 106 Å². The van der Waals surface area contributed by atoms with Crippen molar-refractivity contribution in [3.05, 3.63) is 255 Å². The summed E-state index contributed by atoms with van der Waals surface area (Å²) in [6.45, 7) is 0. The Hall–Kier alpha value is -9.36. The van der Waals surface area contributed by atoms with E-state index in [-0.39, 0.29) is 0 Å². The summed E-state index contributed by atoms with van der Waals surface area (Å²) in [7, 11) is -3.31. The number of furan rings is 3. The fraction of sp³-hybridized carbons (Fsp3) is 0. The first kappa shape index (κ1) is 40.5. The molecule has 338 valence electrons. The van der Waals surface area contributed by atoms with Crippen LogP contribution in [0.1, 0.15) is 0 Å². The van der Waals surface area contributed by atoms with Crippen molar-refractivity contribution in [3.63, 3.8) is 0 Å². The van der Waals surface area contributed by atoms with Gasteiger partial charge in [-0.2, -0.15) is 0 Å². The summed E-state index contributed by atoms with van der Waals surface area (Å²) in [4.78, 5) is 4.89. The highest BCUT2D eigenvalue weighted by atomic mass is 28.3. The van der Waals surface area contributed by atoms with Crippen molar-refractivity contribution in [2.45, 2.75) is 0 Å². The first-order chi connectivity index (χ1) is 35.7. The number of rotatable bonds is 7. The molecule has 0 unspecified atom stereocenters. The van der Waals surface area contributed by atoms with E-state index in [1.807, 2.05) is 18.2 Å². The molecule has 4 heterocycles. The summed E-state index contributed by atoms with van der Waals surface area (Å²) < 4.78 is 20.1. The molecule has 72 heavy (non-hydrogen) atoms. The maximum absolute atomic E-state index is 6.76. The van der Waals surface area contributed by atoms with Gasteiger partial charge in [0, 0.05) is 55.4 Å². The quantitative estimate of drug-likeness (QED) is 0.149. The predicted molar refractivity (Wildman–Crippen MR) is 300 cm³/mol. The number of para-hydroxylation sites is 5. The summed E-state index contributed by atoms with van der Waals surface area (Å²) in [6, 6.07) is 92.0. The third kappa shape index (κ3) is 6.00. The fourth-order valence-corrected chi connectivity index (χ4v) is 16.8. The average Bonchev–Trinajstić information content (AvgIpc) is 4.14. The predicted octanol–water partition coefficient (Wildman–Crippen LogP) is 15.7. The number of fused-ring (bicyclic) bond motifs is 11. The molecular formula is C66H42N2O3Si. The molecule has 0 amide bonds. The van der Waals surface area contributed by atoms with Gasteiger partial charge in [0.15, 0.2) is 8.07 Å². The minimum Gasteiger partial charge on any atom is -0.456 e. The second-order valence-corrected chi connectivity index (χ2v) is 22.5. The summed E-state index contributed by atoms with van der Waals surface area (Å²) in [5, 5.41) is 11.5. The number of nitrogens with zero attached hydrogens (tertiary/aromatic N) is 2. The first-order valence-corrected chi connectivity index (χ1v) is 26.5. The van der Waals surface area contributed by atoms with Gasteiger partial charge >= 0.3 is 0 Å². The van der Waals surface area contributed by atoms with E-state index < -0.39 is 8.07 Å². The SMILES string of the molecule is c1ccc(-c2ccc(N(c3ccc4c(c3)N(c3ccccc3)c3ccccc3[Si]4(c3ccc4c(c3)oc3ccccc34)c3ccc4c(c3)oc3ccccc34)c3cccc4oc5ccccc5c34)cc2)cc1. The second-order valence-electron chi connectivity index (χ2n) is 18.8. The van der Waals surface area contributed by atoms with Crippen LogP contribution in [-0.4, -0.2) is 8.07 Å². The summed E-state index contributed by atoms with van der Waals surface area (Å²) in [5.41, 5.74) is 13.9. The molecule has 5 nitrogen and oxygen atoms in total. The minimum absolute atomic E-state index is 0.839. The Balaban J connectivity index is 1.04. The normalized spacial score (nSPS) is 13.1. The van der Waals surface area contributed by atoms with Gasteiger partial charge in [0.2, 0.25) is 0 Å². The van der Waals surface area contributed by atoms with Gasteiger partial charge in [-0.25, -0.2) is 0 Å². The van der Waals surface area contributed by atoms with Crippen molar-refractivity contribution < 1.29 is 13.3 Å². The Morgan fingerprint density at radius 2 is 0.819 bits per heavy atom. The summed E-state index contributed by atoms with van der Waals surface area (Å²) in [5.74, 6) is 0. The summed E-state index contributed by atoms with van der Waals surface area (Å²) >= 11 is 0. The Kier molecular flexibility index (Phi) is 8.91. The number of hydrogen-bond donors (Lipinski definition) is 0. The van der Waals surface area contributed by atoms with Crippen molar-refractivity contribution in [1.29, 1.82) is 0 Å². The third-order valence-corrected chi connectivity index (χ3v) is 19.7. The molecule has 0 fully saturated rings. The van der Waals surface area contributed by atoms with Gasteiger partial charge in [0.1, 0.15) is 33.5 Å². The molecular weight excluding hydrogens is 897 g/mol. The highest BCUT2D eigenvalue weighted by molar-refractivity contribution is 7.21. The van der Waals surface area contributed by atoms with E-state index in [9.17, 15) is 0 Å². The average molecular weight is 939 g/mol. The van der Waals surface area contributed by atoms with Gasteiger partial charge in [-0.15, -0.1) is 0 Å². The Labute approximate surface area is 415 Å². The molecule has 0 aliphatic carbocycles. The number of benzene rings is 11. The molecule has 1 aliphatic rings. The molecule has 3 aromatic heterocycles. The highest BCUT2D eigenvalue weighted by Gasteiger charge is 2.49. The molecule has 11 aromatic carbocycles. The largest absolute Gasteiger partial charge is 0.456 e. The lowest BCUT2D eigenvalue weighted by molar-refractivity contribution is 0.668. The van der Waals surface area contributed by atoms with Crippen molar-refractivity contribution in [3.8, 4) is 11.1 Å². The van der Waals surface area contributed by atoms with Crippen LogP contribution >= 0.6 is 0 Å². The minimum atomic E-state index is -3.31. The van der Waals surface area contributed by atoms with Gasteiger partial charge in [-0.1, -0.05) is 170 Å². The van der Waals surface area contributed by atoms with Gasteiger partial charge in [-0.05, 0) is 117 Å². The molecule has 0 radical (unpaired) electrons. The van der Waals surface area contributed by atoms with Gasteiger partial charge < -0.3 is 23.1 Å². The summed E-state index contributed by atoms with van der Waals surface area (Å²) in [6.07, 6.45) is 0. The molecule has 0 spiro atoms. The van der Waals surface area contributed by atoms with Crippen LogP contribution in [0.25, 0.3) is 76.9 Å². The van der Waals surface area contributed by atoms with Gasteiger partial charge in [-0.3, -0.25) is 0 Å². The van der Waals surface area contributed by atoms with Crippen LogP contribution in [0.15, 0.2) is 268 Å². The molecule has 1 aliphatic heterocycles. The lowest BCUT2D eigenvalue weighted by Crippen LogP contribution is -2.77. The molecule has 15 rings (SSSR count). The monoisotopic (exact) mass is 938 g/mol. The van der Waals surface area contributed by atoms with Crippen LogP contribution < -0.4 is 30.5 Å². The molecule has 0 atom stereocenters. The van der Waals surface area contributed by atoms with Crippen LogP contribution in [0.2, 0.25) is 0 Å². The number of anilines is 6. The van der Waals surface area contributed by atoms with Crippen LogP contribution in [-0.2, 0) is 0 Å². The standard InChI is InChI=1S/C66H42N2O3Si/c1-3-16-43(17-4-1)44-30-32-46(33-31-44)67(56-24-15-28-61-66(56)54-22-9-13-27-60(54)69-61)47-34-39-65-57(40-47)68(45-18-5-2-6-19-45)55-23-10-14-29-64(55)72(65,48-35-37-52-50-20-7-11-25-58(50)70-62(52)41-48)49-36-38-53-51-21-8-12-26-59(51)71-63(53)42-49/h1-42H. The second kappa shape index (κ2) is 15.8. The topological polar surface area (TPSA) is 45.9 Å². The van der Waals surface area contributed by atoms with E-state index in [2.05, 4.69) is 246 Å². The Morgan fingerprint density at radius 3 is 1.50 bits per heavy atom. The van der Waals surface area contributed by atoms with Crippen molar-refractivity contribution in [2.24, 2.45) is 0 Å². The lowest BCUT2D eigenvalue weighted by atomic mass is 10.0. The van der Waals surface area contributed by atoms with E-state index in [4.69, 9.17) is 13.3 Å². The molecule has 6 heteroatoms. The maximum atomic E-state index is 6.76. The van der Waals surface area contributed by atoms with Crippen molar-refractivity contribution in [2.75, 3.05) is 9.80 Å². The van der Waals surface area contributed by atoms with Crippen LogP contribution in [0.5, 0.6) is 0 Å². The van der Waals surface area contributed by atoms with E-state index >= 15 is 0 Å². The first-order valence-electron chi connectivity index (χ1n) is 24.5. The zero-order valence-electron chi connectivity index (χ0n) is 38.9. The zero-order valence-corrected chi connectivity index (χ0v) is 39.9. The highest BCUT2D eigenvalue weighted by Crippen LogP contribution is 2.47. The fourth-order valence-electron chi connectivity index (χ4n) is 11.8. The molecule has 0 saturated carbocycles. The molecule has 14 aromatic rings. The van der Waals surface area contributed by atoms with Crippen LogP contribution in [0, 0.1) is 0 Å². The maximum Gasteiger partial charge on any atom is 0.184 e. The lowest BCUT2D eigenvalue weighted by Gasteiger charge is -2.45. The van der Waals surface area contributed by atoms with E-state index in [1.54, 1.807) is 0 Å².